The predicted molar refractivity (Wildman–Crippen MR) is 159 cm³/mol. The van der Waals surface area contributed by atoms with Crippen molar-refractivity contribution in [3.8, 4) is 0 Å². The molecule has 4 heterocycles. The van der Waals surface area contributed by atoms with Crippen LogP contribution in [0.1, 0.15) is 15.7 Å². The van der Waals surface area contributed by atoms with Crippen LogP contribution in [0.2, 0.25) is 10.0 Å². The Morgan fingerprint density at radius 1 is 1.02 bits per heavy atom. The van der Waals surface area contributed by atoms with E-state index in [4.69, 9.17) is 23.2 Å². The molecule has 15 heteroatoms. The van der Waals surface area contributed by atoms with Crippen molar-refractivity contribution in [2.24, 2.45) is 5.92 Å². The van der Waals surface area contributed by atoms with Gasteiger partial charge in [-0.3, -0.25) is 33.9 Å². The summed E-state index contributed by atoms with van der Waals surface area (Å²) in [5.74, 6) is -2.80. The van der Waals surface area contributed by atoms with Crippen LogP contribution in [0.3, 0.4) is 0 Å². The highest BCUT2D eigenvalue weighted by Gasteiger charge is 2.57. The number of amides is 3. The Kier molecular flexibility index (Phi) is 7.24. The summed E-state index contributed by atoms with van der Waals surface area (Å²) in [6.45, 7) is -0.319. The zero-order valence-electron chi connectivity index (χ0n) is 20.5. The summed E-state index contributed by atoms with van der Waals surface area (Å²) in [6.07, 6.45) is 0. The molecular weight excluding hydrogens is 631 g/mol. The van der Waals surface area contributed by atoms with Crippen molar-refractivity contribution in [2.75, 3.05) is 10.2 Å². The van der Waals surface area contributed by atoms with Gasteiger partial charge in [-0.1, -0.05) is 52.4 Å². The van der Waals surface area contributed by atoms with Gasteiger partial charge in [-0.15, -0.1) is 11.3 Å². The van der Waals surface area contributed by atoms with Crippen LogP contribution in [-0.2, 0) is 20.9 Å². The molecule has 2 aromatic carbocycles. The van der Waals surface area contributed by atoms with Crippen molar-refractivity contribution in [2.45, 2.75) is 22.7 Å². The third-order valence-electron chi connectivity index (χ3n) is 6.72. The minimum atomic E-state index is -0.865. The number of carbonyl (C=O) groups excluding carboxylic acids is 3. The molecule has 41 heavy (non-hydrogen) atoms. The Bertz CT molecular complexity index is 1790. The normalized spacial score (nSPS) is 19.7. The molecule has 0 aliphatic carbocycles. The summed E-state index contributed by atoms with van der Waals surface area (Å²) in [5.41, 5.74) is 0.467. The Hall–Kier alpha value is -3.49. The molecule has 0 radical (unpaired) electrons. The topological polar surface area (TPSA) is 132 Å². The standard InChI is InChI=1S/C26H16Cl2N4O6S3/c27-15-8-3-12(10-16(15)28)29-18(33)11-30-25-22(41-26(30)36)19(17-2-1-9-39-17)20-21(40-25)24(35)31(23(20)34)13-4-6-14(7-5-13)32(37)38/h1-10,19-21H,11H2,(H,29,33). The number of nitro benzene ring substituents is 1. The number of halogens is 2. The molecule has 3 atom stereocenters. The molecule has 0 spiro atoms. The molecule has 2 aliphatic rings. The highest BCUT2D eigenvalue weighted by molar-refractivity contribution is 8.00. The SMILES string of the molecule is O=C(Cn1c2c(sc1=O)C(c1cccs1)C1C(=O)N(c3ccc([N+](=O)[O-])cc3)C(=O)C1S2)Nc1ccc(Cl)c(Cl)c1. The van der Waals surface area contributed by atoms with Crippen molar-refractivity contribution >= 4 is 92.4 Å². The van der Waals surface area contributed by atoms with E-state index in [9.17, 15) is 29.3 Å². The molecule has 0 bridgehead atoms. The van der Waals surface area contributed by atoms with Gasteiger partial charge in [0.15, 0.2) is 0 Å². The maximum Gasteiger partial charge on any atom is 0.308 e. The van der Waals surface area contributed by atoms with Gasteiger partial charge in [-0.05, 0) is 41.8 Å². The average molecular weight is 648 g/mol. The fraction of sp³-hybridized carbons (Fsp3) is 0.154. The minimum Gasteiger partial charge on any atom is -0.324 e. The van der Waals surface area contributed by atoms with Crippen molar-refractivity contribution in [1.82, 2.24) is 4.57 Å². The third kappa shape index (κ3) is 4.87. The number of thiophene rings is 1. The molecule has 1 saturated heterocycles. The number of nitrogens with one attached hydrogen (secondary N) is 1. The molecule has 10 nitrogen and oxygen atoms in total. The average Bonchev–Trinajstić information content (AvgIpc) is 3.64. The van der Waals surface area contributed by atoms with Crippen LogP contribution in [-0.4, -0.2) is 32.5 Å². The number of fused-ring (bicyclic) bond motifs is 2. The molecule has 3 unspecified atom stereocenters. The molecule has 0 saturated carbocycles. The lowest BCUT2D eigenvalue weighted by molar-refractivity contribution is -0.384. The van der Waals surface area contributed by atoms with Crippen LogP contribution in [0.25, 0.3) is 0 Å². The monoisotopic (exact) mass is 646 g/mol. The summed E-state index contributed by atoms with van der Waals surface area (Å²) < 4.78 is 1.32. The number of nitrogens with zero attached hydrogens (tertiary/aromatic N) is 3. The lowest BCUT2D eigenvalue weighted by atomic mass is 9.87. The van der Waals surface area contributed by atoms with Crippen molar-refractivity contribution in [3.05, 3.63) is 99.6 Å². The zero-order chi connectivity index (χ0) is 29.0. The van der Waals surface area contributed by atoms with Crippen LogP contribution < -0.4 is 15.1 Å². The number of imide groups is 1. The van der Waals surface area contributed by atoms with E-state index in [-0.39, 0.29) is 27.8 Å². The lowest BCUT2D eigenvalue weighted by Crippen LogP contribution is -2.32. The second kappa shape index (κ2) is 10.7. The van der Waals surface area contributed by atoms with E-state index in [1.807, 2.05) is 17.5 Å². The molecule has 3 amide bonds. The number of benzene rings is 2. The number of nitro groups is 1. The van der Waals surface area contributed by atoms with Crippen LogP contribution in [0.15, 0.2) is 69.8 Å². The Balaban J connectivity index is 1.36. The van der Waals surface area contributed by atoms with Crippen LogP contribution in [0.4, 0.5) is 17.1 Å². The van der Waals surface area contributed by atoms with Gasteiger partial charge in [-0.2, -0.15) is 0 Å². The number of thioether (sulfide) groups is 1. The first-order chi connectivity index (χ1) is 19.6. The third-order valence-corrected chi connectivity index (χ3v) is 11.0. The number of anilines is 2. The quantitative estimate of drug-likeness (QED) is 0.163. The first-order valence-corrected chi connectivity index (χ1v) is 15.3. The number of aromatic nitrogens is 1. The number of rotatable bonds is 6. The zero-order valence-corrected chi connectivity index (χ0v) is 24.4. The van der Waals surface area contributed by atoms with Crippen molar-refractivity contribution in [1.29, 1.82) is 0 Å². The van der Waals surface area contributed by atoms with Gasteiger partial charge >= 0.3 is 4.87 Å². The van der Waals surface area contributed by atoms with Gasteiger partial charge in [0.05, 0.1) is 31.6 Å². The summed E-state index contributed by atoms with van der Waals surface area (Å²) in [5, 5.41) is 15.8. The van der Waals surface area contributed by atoms with Gasteiger partial charge in [-0.25, -0.2) is 4.90 Å². The summed E-state index contributed by atoms with van der Waals surface area (Å²) in [6, 6.07) is 13.5. The van der Waals surface area contributed by atoms with Crippen LogP contribution in [0.5, 0.6) is 0 Å². The number of thiazole rings is 1. The molecular formula is C26H16Cl2N4O6S3. The minimum absolute atomic E-state index is 0.165. The molecule has 1 N–H and O–H groups in total. The second-order valence-electron chi connectivity index (χ2n) is 9.14. The van der Waals surface area contributed by atoms with E-state index in [1.54, 1.807) is 12.1 Å². The molecule has 2 aliphatic heterocycles. The summed E-state index contributed by atoms with van der Waals surface area (Å²) in [4.78, 5) is 66.3. The lowest BCUT2D eigenvalue weighted by Gasteiger charge is -2.29. The first kappa shape index (κ1) is 27.7. The molecule has 1 fully saturated rings. The second-order valence-corrected chi connectivity index (χ2v) is 13.1. The number of hydrogen-bond acceptors (Lipinski definition) is 9. The smallest absolute Gasteiger partial charge is 0.308 e. The molecule has 4 aromatic rings. The number of non-ortho nitro benzene ring substituents is 1. The molecule has 208 valence electrons. The van der Waals surface area contributed by atoms with E-state index in [0.717, 1.165) is 32.9 Å². The van der Waals surface area contributed by atoms with Gasteiger partial charge in [0.25, 0.3) is 5.69 Å². The van der Waals surface area contributed by atoms with Crippen LogP contribution in [0, 0.1) is 16.0 Å². The molecule has 2 aromatic heterocycles. The summed E-state index contributed by atoms with van der Waals surface area (Å²) >= 11 is 15.4. The maximum atomic E-state index is 13.8. The fourth-order valence-electron chi connectivity index (χ4n) is 4.93. The first-order valence-electron chi connectivity index (χ1n) is 11.9. The Morgan fingerprint density at radius 3 is 2.44 bits per heavy atom. The maximum absolute atomic E-state index is 13.8. The van der Waals surface area contributed by atoms with E-state index < -0.39 is 39.7 Å². The summed E-state index contributed by atoms with van der Waals surface area (Å²) in [7, 11) is 0. The Morgan fingerprint density at radius 2 is 1.78 bits per heavy atom. The van der Waals surface area contributed by atoms with E-state index in [1.165, 1.54) is 46.2 Å². The Labute approximate surface area is 253 Å². The number of hydrogen-bond donors (Lipinski definition) is 1. The van der Waals surface area contributed by atoms with Crippen molar-refractivity contribution in [3.63, 3.8) is 0 Å². The van der Waals surface area contributed by atoms with E-state index in [0.29, 0.717) is 20.6 Å². The van der Waals surface area contributed by atoms with Crippen LogP contribution >= 0.6 is 57.6 Å². The highest BCUT2D eigenvalue weighted by atomic mass is 35.5. The van der Waals surface area contributed by atoms with Gasteiger partial charge < -0.3 is 5.32 Å². The molecule has 6 rings (SSSR count). The highest BCUT2D eigenvalue weighted by Crippen LogP contribution is 2.54. The van der Waals surface area contributed by atoms with E-state index >= 15 is 0 Å². The van der Waals surface area contributed by atoms with Gasteiger partial charge in [0.2, 0.25) is 17.7 Å². The number of carbonyl (C=O) groups is 3. The predicted octanol–water partition coefficient (Wildman–Crippen LogP) is 5.62. The largest absolute Gasteiger partial charge is 0.324 e. The van der Waals surface area contributed by atoms with E-state index in [2.05, 4.69) is 5.32 Å². The van der Waals surface area contributed by atoms with Gasteiger partial charge in [0.1, 0.15) is 11.8 Å². The van der Waals surface area contributed by atoms with Crippen molar-refractivity contribution < 1.29 is 19.3 Å². The van der Waals surface area contributed by atoms with Gasteiger partial charge in [0, 0.05) is 33.5 Å². The fourth-order valence-corrected chi connectivity index (χ4v) is 8.95.